The average Bonchev–Trinajstić information content (AvgIpc) is 3.07. The lowest BCUT2D eigenvalue weighted by Crippen LogP contribution is -2.58. The minimum atomic E-state index is -0.538. The Hall–Kier alpha value is -1.82. The third-order valence-electron chi connectivity index (χ3n) is 3.81. The normalized spacial score (nSPS) is 20.6. The number of alkyl halides is 1. The first-order valence-electron chi connectivity index (χ1n) is 6.96. The third kappa shape index (κ3) is 2.45. The lowest BCUT2D eigenvalue weighted by Gasteiger charge is -2.44. The van der Waals surface area contributed by atoms with Gasteiger partial charge in [-0.2, -0.15) is 0 Å². The van der Waals surface area contributed by atoms with Gasteiger partial charge in [0.15, 0.2) is 0 Å². The quantitative estimate of drug-likeness (QED) is 0.551. The summed E-state index contributed by atoms with van der Waals surface area (Å²) < 4.78 is 0. The fourth-order valence-corrected chi connectivity index (χ4v) is 4.10. The molecule has 0 saturated carbocycles. The van der Waals surface area contributed by atoms with Crippen LogP contribution in [0.4, 0.5) is 5.69 Å². The Morgan fingerprint density at radius 1 is 1.26 bits per heavy atom. The minimum absolute atomic E-state index is 0.135. The van der Waals surface area contributed by atoms with Crippen molar-refractivity contribution >= 4 is 57.0 Å². The molecular weight excluding hydrogens is 353 g/mol. The molecule has 0 radical (unpaired) electrons. The van der Waals surface area contributed by atoms with Crippen LogP contribution in [0.1, 0.15) is 10.9 Å². The number of pyridine rings is 1. The number of nitrogens with zero attached hydrogens (tertiary/aromatic N) is 2. The molecule has 1 amide bonds. The van der Waals surface area contributed by atoms with Crippen LogP contribution in [-0.4, -0.2) is 21.3 Å². The van der Waals surface area contributed by atoms with Crippen LogP contribution in [0.3, 0.4) is 0 Å². The molecule has 23 heavy (non-hydrogen) atoms. The molecule has 4 nitrogen and oxygen atoms in total. The number of carbonyl (C=O) groups excluding carboxylic acids is 1. The largest absolute Gasteiger partial charge is 0.295 e. The van der Waals surface area contributed by atoms with Gasteiger partial charge in [0.1, 0.15) is 11.4 Å². The van der Waals surface area contributed by atoms with Crippen molar-refractivity contribution in [1.82, 2.24) is 9.99 Å². The number of hydrogen-bond acceptors (Lipinski definition) is 4. The fourth-order valence-electron chi connectivity index (χ4n) is 2.66. The Morgan fingerprint density at radius 2 is 2.13 bits per heavy atom. The van der Waals surface area contributed by atoms with Crippen molar-refractivity contribution in [3.05, 3.63) is 57.9 Å². The number of nitrogens with one attached hydrogen (secondary N) is 1. The monoisotopic (exact) mass is 363 g/mol. The Kier molecular flexibility index (Phi) is 3.64. The third-order valence-corrected chi connectivity index (χ3v) is 5.41. The van der Waals surface area contributed by atoms with Crippen LogP contribution in [0.25, 0.3) is 10.9 Å². The van der Waals surface area contributed by atoms with Crippen LogP contribution < -0.4 is 5.43 Å². The van der Waals surface area contributed by atoms with Gasteiger partial charge < -0.3 is 0 Å². The molecule has 1 aromatic carbocycles. The van der Waals surface area contributed by atoms with E-state index in [1.54, 1.807) is 34.7 Å². The summed E-state index contributed by atoms with van der Waals surface area (Å²) in [6.07, 6.45) is 1.68. The molecule has 2 aromatic heterocycles. The summed E-state index contributed by atoms with van der Waals surface area (Å²) in [4.78, 5) is 17.5. The molecule has 116 valence electrons. The maximum absolute atomic E-state index is 12.2. The second-order valence-electron chi connectivity index (χ2n) is 5.20. The molecular formula is C16H11Cl2N3OS. The Bertz CT molecular complexity index is 884. The van der Waals surface area contributed by atoms with Gasteiger partial charge in [0, 0.05) is 21.5 Å². The SMILES string of the molecule is O=C1C(Cl)C(c2cccs2)N1Nc1ccnc2cc(Cl)ccc12. The highest BCUT2D eigenvalue weighted by Crippen LogP contribution is 2.41. The van der Waals surface area contributed by atoms with Gasteiger partial charge >= 0.3 is 0 Å². The molecule has 0 aliphatic carbocycles. The summed E-state index contributed by atoms with van der Waals surface area (Å²) in [6.45, 7) is 0. The summed E-state index contributed by atoms with van der Waals surface area (Å²) >= 11 is 13.8. The molecule has 4 rings (SSSR count). The van der Waals surface area contributed by atoms with E-state index in [9.17, 15) is 4.79 Å². The summed E-state index contributed by atoms with van der Waals surface area (Å²) in [5.41, 5.74) is 4.75. The number of fused-ring (bicyclic) bond motifs is 1. The van der Waals surface area contributed by atoms with Crippen molar-refractivity contribution in [3.8, 4) is 0 Å². The minimum Gasteiger partial charge on any atom is -0.295 e. The van der Waals surface area contributed by atoms with Crippen molar-refractivity contribution in [3.63, 3.8) is 0 Å². The van der Waals surface area contributed by atoms with Crippen LogP contribution in [0.15, 0.2) is 48.0 Å². The molecule has 1 N–H and O–H groups in total. The summed E-state index contributed by atoms with van der Waals surface area (Å²) in [5, 5.41) is 4.53. The number of amides is 1. The second-order valence-corrected chi connectivity index (χ2v) is 7.09. The van der Waals surface area contributed by atoms with Gasteiger partial charge in [-0.1, -0.05) is 17.7 Å². The fraction of sp³-hybridized carbons (Fsp3) is 0.125. The first kappa shape index (κ1) is 14.8. The highest BCUT2D eigenvalue weighted by molar-refractivity contribution is 7.10. The number of hydrogen-bond donors (Lipinski definition) is 1. The van der Waals surface area contributed by atoms with Gasteiger partial charge in [0.2, 0.25) is 0 Å². The Morgan fingerprint density at radius 3 is 2.91 bits per heavy atom. The molecule has 0 bridgehead atoms. The molecule has 7 heteroatoms. The number of rotatable bonds is 3. The number of aromatic nitrogens is 1. The summed E-state index contributed by atoms with van der Waals surface area (Å²) in [6, 6.07) is 11.1. The first-order valence-corrected chi connectivity index (χ1v) is 8.66. The molecule has 2 unspecified atom stereocenters. The van der Waals surface area contributed by atoms with E-state index in [4.69, 9.17) is 23.2 Å². The lowest BCUT2D eigenvalue weighted by molar-refractivity contribution is -0.142. The molecule has 2 atom stereocenters. The molecule has 3 heterocycles. The van der Waals surface area contributed by atoms with Crippen LogP contribution in [0.2, 0.25) is 5.02 Å². The van der Waals surface area contributed by atoms with E-state index >= 15 is 0 Å². The van der Waals surface area contributed by atoms with E-state index in [-0.39, 0.29) is 11.9 Å². The zero-order chi connectivity index (χ0) is 16.0. The van der Waals surface area contributed by atoms with Crippen molar-refractivity contribution in [2.45, 2.75) is 11.4 Å². The van der Waals surface area contributed by atoms with Gasteiger partial charge in [-0.15, -0.1) is 22.9 Å². The predicted molar refractivity (Wildman–Crippen MR) is 93.9 cm³/mol. The van der Waals surface area contributed by atoms with E-state index in [1.807, 2.05) is 29.6 Å². The zero-order valence-corrected chi connectivity index (χ0v) is 14.1. The van der Waals surface area contributed by atoms with E-state index in [2.05, 4.69) is 10.4 Å². The zero-order valence-electron chi connectivity index (χ0n) is 11.7. The summed E-state index contributed by atoms with van der Waals surface area (Å²) in [5.74, 6) is -0.135. The van der Waals surface area contributed by atoms with Gasteiger partial charge in [-0.3, -0.25) is 15.2 Å². The topological polar surface area (TPSA) is 45.2 Å². The van der Waals surface area contributed by atoms with Gasteiger partial charge in [-0.05, 0) is 35.7 Å². The van der Waals surface area contributed by atoms with E-state index in [0.717, 1.165) is 21.5 Å². The molecule has 3 aromatic rings. The Labute approximate surface area is 146 Å². The van der Waals surface area contributed by atoms with Gasteiger partial charge in [0.25, 0.3) is 5.91 Å². The van der Waals surface area contributed by atoms with Crippen LogP contribution in [-0.2, 0) is 4.79 Å². The highest BCUT2D eigenvalue weighted by Gasteiger charge is 2.48. The standard InChI is InChI=1S/C16H11Cl2N3OS/c17-9-3-4-10-11(5-6-19-12(10)8-9)20-21-15(14(18)16(21)22)13-2-1-7-23-13/h1-8,14-15H,(H,19,20). The van der Waals surface area contributed by atoms with E-state index < -0.39 is 5.38 Å². The van der Waals surface area contributed by atoms with Gasteiger partial charge in [0.05, 0.1) is 11.2 Å². The van der Waals surface area contributed by atoms with E-state index in [0.29, 0.717) is 5.02 Å². The Balaban J connectivity index is 1.69. The number of benzene rings is 1. The molecule has 1 aliphatic heterocycles. The number of carbonyl (C=O) groups is 1. The van der Waals surface area contributed by atoms with Crippen molar-refractivity contribution in [2.75, 3.05) is 5.43 Å². The number of hydrazine groups is 1. The number of halogens is 2. The number of thiophene rings is 1. The van der Waals surface area contributed by atoms with E-state index in [1.165, 1.54) is 0 Å². The molecule has 0 spiro atoms. The predicted octanol–water partition coefficient (Wildman–Crippen LogP) is 4.47. The van der Waals surface area contributed by atoms with Crippen molar-refractivity contribution in [1.29, 1.82) is 0 Å². The van der Waals surface area contributed by atoms with Crippen molar-refractivity contribution in [2.24, 2.45) is 0 Å². The second kappa shape index (κ2) is 5.67. The number of β-lactam (4-membered cyclic amide) rings is 1. The summed E-state index contributed by atoms with van der Waals surface area (Å²) in [7, 11) is 0. The van der Waals surface area contributed by atoms with Gasteiger partial charge in [-0.25, -0.2) is 5.01 Å². The van der Waals surface area contributed by atoms with Crippen LogP contribution in [0, 0.1) is 0 Å². The first-order chi connectivity index (χ1) is 11.1. The maximum atomic E-state index is 12.2. The number of anilines is 1. The van der Waals surface area contributed by atoms with Crippen molar-refractivity contribution < 1.29 is 4.79 Å². The lowest BCUT2D eigenvalue weighted by atomic mass is 10.0. The van der Waals surface area contributed by atoms with Crippen LogP contribution >= 0.6 is 34.5 Å². The molecule has 1 saturated heterocycles. The smallest absolute Gasteiger partial charge is 0.262 e. The molecule has 1 fully saturated rings. The molecule has 1 aliphatic rings. The average molecular weight is 364 g/mol. The van der Waals surface area contributed by atoms with Crippen LogP contribution in [0.5, 0.6) is 0 Å². The highest BCUT2D eigenvalue weighted by atomic mass is 35.5. The maximum Gasteiger partial charge on any atom is 0.262 e.